The van der Waals surface area contributed by atoms with E-state index in [2.05, 4.69) is 25.9 Å². The normalized spacial score (nSPS) is 11.7. The summed E-state index contributed by atoms with van der Waals surface area (Å²) in [4.78, 5) is 44.1. The molecule has 0 aliphatic heterocycles. The Balaban J connectivity index is 1.57. The smallest absolute Gasteiger partial charge is 0.268 e. The second-order valence-electron chi connectivity index (χ2n) is 10.7. The molecule has 2 aromatic rings. The van der Waals surface area contributed by atoms with Crippen molar-refractivity contribution in [3.8, 4) is 0 Å². The Kier molecular flexibility index (Phi) is 23.1. The Morgan fingerprint density at radius 2 is 1.55 bits per heavy atom. The summed E-state index contributed by atoms with van der Waals surface area (Å²) in [7, 11) is 0. The van der Waals surface area contributed by atoms with Gasteiger partial charge in [0.25, 0.3) is 5.56 Å². The number of ether oxygens (including phenoxy) is 5. The first kappa shape index (κ1) is 42.2. The highest BCUT2D eigenvalue weighted by molar-refractivity contribution is 7.99. The molecule has 1 heterocycles. The van der Waals surface area contributed by atoms with Crippen molar-refractivity contribution >= 4 is 46.9 Å². The van der Waals surface area contributed by atoms with Gasteiger partial charge in [-0.05, 0) is 37.0 Å². The summed E-state index contributed by atoms with van der Waals surface area (Å²) in [5.74, 6) is -0.350. The van der Waals surface area contributed by atoms with Crippen LogP contribution in [-0.2, 0) is 39.8 Å². The number of halogens is 2. The van der Waals surface area contributed by atoms with Crippen LogP contribution in [0.15, 0.2) is 34.0 Å². The molecule has 17 heteroatoms. The van der Waals surface area contributed by atoms with Crippen LogP contribution in [0.3, 0.4) is 0 Å². The lowest BCUT2D eigenvalue weighted by atomic mass is 10.2. The Bertz CT molecular complexity index is 1260. The van der Waals surface area contributed by atoms with Crippen molar-refractivity contribution in [1.29, 1.82) is 0 Å². The first-order chi connectivity index (χ1) is 23.8. The van der Waals surface area contributed by atoms with E-state index in [4.69, 9.17) is 41.0 Å². The number of nitrogen functional groups attached to an aromatic ring is 1. The van der Waals surface area contributed by atoms with Gasteiger partial charge in [0.05, 0.1) is 39.6 Å². The fourth-order valence-corrected chi connectivity index (χ4v) is 5.31. The first-order valence-corrected chi connectivity index (χ1v) is 17.8. The van der Waals surface area contributed by atoms with E-state index in [1.807, 2.05) is 0 Å². The van der Waals surface area contributed by atoms with E-state index in [0.717, 1.165) is 61.9 Å². The maximum Gasteiger partial charge on any atom is 0.268 e. The quantitative estimate of drug-likeness (QED) is 0.0357. The molecule has 276 valence electrons. The minimum atomic E-state index is -0.938. The molecule has 0 saturated heterocycles. The maximum atomic E-state index is 13.2. The molecule has 0 bridgehead atoms. The molecule has 0 aliphatic rings. The Labute approximate surface area is 296 Å². The molecule has 0 radical (unpaired) electrons. The molecule has 0 unspecified atom stereocenters. The Morgan fingerprint density at radius 1 is 0.918 bits per heavy atom. The predicted molar refractivity (Wildman–Crippen MR) is 187 cm³/mol. The summed E-state index contributed by atoms with van der Waals surface area (Å²) in [6.07, 6.45) is 5.22. The molecule has 2 rings (SSSR count). The minimum absolute atomic E-state index is 0.0393. The summed E-state index contributed by atoms with van der Waals surface area (Å²) in [6, 6.07) is 4.91. The van der Waals surface area contributed by atoms with Crippen molar-refractivity contribution in [2.45, 2.75) is 56.5 Å². The largest absolute Gasteiger partial charge is 0.381 e. The van der Waals surface area contributed by atoms with Crippen LogP contribution in [0, 0.1) is 5.82 Å². The molecule has 0 aliphatic carbocycles. The molecular weight excluding hydrogens is 683 g/mol. The number of nitrogens with zero attached hydrogens (tertiary/aromatic N) is 1. The van der Waals surface area contributed by atoms with Crippen molar-refractivity contribution < 1.29 is 37.7 Å². The van der Waals surface area contributed by atoms with Crippen LogP contribution in [0.1, 0.15) is 44.6 Å². The summed E-state index contributed by atoms with van der Waals surface area (Å²) >= 11 is 6.69. The van der Waals surface area contributed by atoms with Crippen LogP contribution >= 0.6 is 23.4 Å². The number of benzene rings is 1. The van der Waals surface area contributed by atoms with E-state index < -0.39 is 23.4 Å². The van der Waals surface area contributed by atoms with Crippen LogP contribution in [0.25, 0.3) is 0 Å². The molecule has 49 heavy (non-hydrogen) atoms. The van der Waals surface area contributed by atoms with Gasteiger partial charge in [-0.2, -0.15) is 4.98 Å². The molecule has 6 N–H and O–H groups in total. The van der Waals surface area contributed by atoms with Crippen LogP contribution in [0.2, 0.25) is 0 Å². The Hall–Kier alpha value is -2.99. The highest BCUT2D eigenvalue weighted by Crippen LogP contribution is 2.23. The molecular formula is C32H50ClFN6O8S. The van der Waals surface area contributed by atoms with E-state index in [-0.39, 0.29) is 54.7 Å². The molecule has 0 spiro atoms. The first-order valence-electron chi connectivity index (χ1n) is 16.3. The van der Waals surface area contributed by atoms with E-state index in [0.29, 0.717) is 39.6 Å². The van der Waals surface area contributed by atoms with Gasteiger partial charge in [-0.15, -0.1) is 23.4 Å². The highest BCUT2D eigenvalue weighted by Gasteiger charge is 2.22. The van der Waals surface area contributed by atoms with Gasteiger partial charge in [-0.25, -0.2) is 4.39 Å². The number of nitrogens with one attached hydrogen (secondary N) is 4. The standard InChI is InChI=1S/C32H50ClFN6O8S/c1-24(41)38-27(22-49-28-29(39-32(35)40-31(28)43)37-21-25-7-9-26(34)10-8-25)30(42)36-12-16-45-17-18-46-19-20-48-23-47-15-6-14-44-13-5-3-2-4-11-33/h7-10,27H,2-6,11-23H2,1H3,(H,36,42)(H,38,41)(H4,35,37,39,40,43)/t27-/m0/s1. The van der Waals surface area contributed by atoms with Crippen molar-refractivity contribution in [2.24, 2.45) is 0 Å². The van der Waals surface area contributed by atoms with Gasteiger partial charge in [0.1, 0.15) is 29.4 Å². The lowest BCUT2D eigenvalue weighted by molar-refractivity contribution is -0.127. The number of hydrogen-bond donors (Lipinski definition) is 5. The number of thioether (sulfide) groups is 1. The molecule has 2 amide bonds. The van der Waals surface area contributed by atoms with E-state index in [1.54, 1.807) is 12.1 Å². The second-order valence-corrected chi connectivity index (χ2v) is 12.1. The third kappa shape index (κ3) is 20.3. The van der Waals surface area contributed by atoms with Gasteiger partial charge < -0.3 is 45.4 Å². The third-order valence-electron chi connectivity index (χ3n) is 6.56. The fraction of sp³-hybridized carbons (Fsp3) is 0.625. The van der Waals surface area contributed by atoms with Gasteiger partial charge in [-0.1, -0.05) is 25.0 Å². The lowest BCUT2D eigenvalue weighted by Gasteiger charge is -2.18. The van der Waals surface area contributed by atoms with E-state index >= 15 is 0 Å². The Morgan fingerprint density at radius 3 is 2.29 bits per heavy atom. The van der Waals surface area contributed by atoms with Crippen LogP contribution < -0.4 is 27.2 Å². The average molecular weight is 733 g/mol. The number of alkyl halides is 1. The summed E-state index contributed by atoms with van der Waals surface area (Å²) in [5, 5.41) is 8.36. The van der Waals surface area contributed by atoms with E-state index in [9.17, 15) is 18.8 Å². The highest BCUT2D eigenvalue weighted by atomic mass is 35.5. The number of amides is 2. The number of rotatable bonds is 29. The monoisotopic (exact) mass is 732 g/mol. The number of hydrogen-bond acceptors (Lipinski definition) is 12. The van der Waals surface area contributed by atoms with Crippen LogP contribution in [0.5, 0.6) is 0 Å². The zero-order valence-electron chi connectivity index (χ0n) is 28.1. The maximum absolute atomic E-state index is 13.2. The number of H-pyrrole nitrogens is 1. The van der Waals surface area contributed by atoms with Crippen molar-refractivity contribution in [3.05, 3.63) is 46.0 Å². The summed E-state index contributed by atoms with van der Waals surface area (Å²) < 4.78 is 40.6. The molecule has 14 nitrogen and oxygen atoms in total. The number of nitrogens with two attached hydrogens (primary N) is 1. The summed E-state index contributed by atoms with van der Waals surface area (Å²) in [5.41, 5.74) is 5.98. The van der Waals surface area contributed by atoms with Crippen molar-refractivity contribution in [2.75, 3.05) is 88.9 Å². The van der Waals surface area contributed by atoms with Gasteiger partial charge in [0.2, 0.25) is 17.8 Å². The average Bonchev–Trinajstić information content (AvgIpc) is 3.07. The third-order valence-corrected chi connectivity index (χ3v) is 8.00. The summed E-state index contributed by atoms with van der Waals surface area (Å²) in [6.45, 7) is 5.64. The number of anilines is 2. The zero-order valence-corrected chi connectivity index (χ0v) is 29.6. The minimum Gasteiger partial charge on any atom is -0.381 e. The van der Waals surface area contributed by atoms with Crippen molar-refractivity contribution in [3.63, 3.8) is 0 Å². The molecule has 1 aromatic carbocycles. The van der Waals surface area contributed by atoms with Gasteiger partial charge in [-0.3, -0.25) is 19.4 Å². The number of unbranched alkanes of at least 4 members (excludes halogenated alkanes) is 3. The number of aromatic amines is 1. The second kappa shape index (κ2) is 26.8. The molecule has 1 aromatic heterocycles. The number of carbonyl (C=O) groups excluding carboxylic acids is 2. The molecule has 0 saturated carbocycles. The van der Waals surface area contributed by atoms with Crippen LogP contribution in [0.4, 0.5) is 16.2 Å². The van der Waals surface area contributed by atoms with Crippen LogP contribution in [-0.4, -0.2) is 106 Å². The molecule has 0 fully saturated rings. The van der Waals surface area contributed by atoms with Gasteiger partial charge >= 0.3 is 0 Å². The number of carbonyl (C=O) groups is 2. The zero-order chi connectivity index (χ0) is 35.5. The number of aromatic nitrogens is 2. The van der Waals surface area contributed by atoms with Gasteiger partial charge in [0, 0.05) is 44.9 Å². The van der Waals surface area contributed by atoms with Gasteiger partial charge in [0.15, 0.2) is 0 Å². The van der Waals surface area contributed by atoms with Crippen molar-refractivity contribution in [1.82, 2.24) is 20.6 Å². The SMILES string of the molecule is CC(=O)N[C@@H](CSc1c(NCc2ccc(F)cc2)nc(N)[nH]c1=O)C(=O)NCCOCCOCCOCOCCCOCCCCCCCl. The topological polar surface area (TPSA) is 188 Å². The predicted octanol–water partition coefficient (Wildman–Crippen LogP) is 3.05. The van der Waals surface area contributed by atoms with E-state index in [1.165, 1.54) is 19.1 Å². The molecule has 1 atom stereocenters. The lowest BCUT2D eigenvalue weighted by Crippen LogP contribution is -2.48. The fourth-order valence-electron chi connectivity index (χ4n) is 4.12.